The number of pyridine rings is 3. The predicted molar refractivity (Wildman–Crippen MR) is 115 cm³/mol. The number of rotatable bonds is 7. The van der Waals surface area contributed by atoms with Crippen LogP contribution in [0.1, 0.15) is 44.8 Å². The van der Waals surface area contributed by atoms with Crippen molar-refractivity contribution in [1.82, 2.24) is 15.0 Å². The molecular formula is C23H28N4O2. The Balaban J connectivity index is 1.77. The van der Waals surface area contributed by atoms with Gasteiger partial charge in [-0.25, -0.2) is 4.98 Å². The highest BCUT2D eigenvalue weighted by molar-refractivity contribution is 5.56. The van der Waals surface area contributed by atoms with Crippen LogP contribution in [0, 0.1) is 12.8 Å². The van der Waals surface area contributed by atoms with Gasteiger partial charge in [0.15, 0.2) is 0 Å². The Hall–Kier alpha value is -2.99. The van der Waals surface area contributed by atoms with Crippen LogP contribution >= 0.6 is 0 Å². The van der Waals surface area contributed by atoms with Gasteiger partial charge in [-0.15, -0.1) is 0 Å². The summed E-state index contributed by atoms with van der Waals surface area (Å²) in [6.45, 7) is 9.73. The quantitative estimate of drug-likeness (QED) is 0.579. The second-order valence-electron chi connectivity index (χ2n) is 8.09. The average molecular weight is 393 g/mol. The predicted octanol–water partition coefficient (Wildman–Crippen LogP) is 5.14. The molecule has 6 nitrogen and oxygen atoms in total. The van der Waals surface area contributed by atoms with Gasteiger partial charge in [0.1, 0.15) is 22.9 Å². The molecule has 6 heteroatoms. The van der Waals surface area contributed by atoms with E-state index in [4.69, 9.17) is 4.74 Å². The number of anilines is 2. The maximum absolute atomic E-state index is 10.0. The number of nitrogens with one attached hydrogen (secondary N) is 1. The Labute approximate surface area is 172 Å². The van der Waals surface area contributed by atoms with Gasteiger partial charge in [-0.2, -0.15) is 0 Å². The Morgan fingerprint density at radius 2 is 1.90 bits per heavy atom. The largest absolute Gasteiger partial charge is 0.455 e. The maximum Gasteiger partial charge on any atom is 0.148 e. The molecular weight excluding hydrogens is 364 g/mol. The number of hydrogen-bond acceptors (Lipinski definition) is 6. The van der Waals surface area contributed by atoms with E-state index in [9.17, 15) is 5.11 Å². The van der Waals surface area contributed by atoms with Gasteiger partial charge in [0.2, 0.25) is 0 Å². The van der Waals surface area contributed by atoms with Crippen molar-refractivity contribution < 1.29 is 9.84 Å². The van der Waals surface area contributed by atoms with Gasteiger partial charge in [0, 0.05) is 18.0 Å². The minimum atomic E-state index is -0.972. The van der Waals surface area contributed by atoms with Crippen molar-refractivity contribution in [2.24, 2.45) is 5.92 Å². The first-order valence-corrected chi connectivity index (χ1v) is 9.77. The molecule has 29 heavy (non-hydrogen) atoms. The van der Waals surface area contributed by atoms with E-state index >= 15 is 0 Å². The normalized spacial score (nSPS) is 11.6. The lowest BCUT2D eigenvalue weighted by Gasteiger charge is -2.16. The number of ether oxygens (including phenoxy) is 1. The summed E-state index contributed by atoms with van der Waals surface area (Å²) in [6.07, 6.45) is 4.22. The first-order valence-electron chi connectivity index (χ1n) is 9.77. The first kappa shape index (κ1) is 20.7. The molecule has 0 bridgehead atoms. The monoisotopic (exact) mass is 392 g/mol. The van der Waals surface area contributed by atoms with Crippen molar-refractivity contribution in [3.63, 3.8) is 0 Å². The summed E-state index contributed by atoms with van der Waals surface area (Å²) in [7, 11) is 0. The molecule has 3 rings (SSSR count). The third-order valence-corrected chi connectivity index (χ3v) is 4.30. The van der Waals surface area contributed by atoms with Crippen LogP contribution in [0.4, 0.5) is 11.5 Å². The van der Waals surface area contributed by atoms with E-state index in [-0.39, 0.29) is 0 Å². The minimum Gasteiger partial charge on any atom is -0.455 e. The third kappa shape index (κ3) is 5.74. The third-order valence-electron chi connectivity index (χ3n) is 4.30. The number of nitrogens with zero attached hydrogens (tertiary/aromatic N) is 3. The molecule has 2 N–H and O–H groups in total. The second kappa shape index (κ2) is 8.57. The molecule has 3 aromatic rings. The van der Waals surface area contributed by atoms with Crippen molar-refractivity contribution in [2.45, 2.75) is 46.6 Å². The van der Waals surface area contributed by atoms with E-state index in [0.29, 0.717) is 23.2 Å². The van der Waals surface area contributed by atoms with E-state index in [1.807, 2.05) is 37.3 Å². The molecule has 0 fully saturated rings. The van der Waals surface area contributed by atoms with Crippen molar-refractivity contribution in [2.75, 3.05) is 5.32 Å². The van der Waals surface area contributed by atoms with Gasteiger partial charge in [0.05, 0.1) is 23.3 Å². The first-order chi connectivity index (χ1) is 13.7. The summed E-state index contributed by atoms with van der Waals surface area (Å²) in [5, 5.41) is 13.2. The Kier molecular flexibility index (Phi) is 6.13. The number of aliphatic hydroxyl groups is 1. The van der Waals surface area contributed by atoms with Crippen LogP contribution in [0.2, 0.25) is 0 Å². The molecule has 0 aliphatic rings. The summed E-state index contributed by atoms with van der Waals surface area (Å²) in [6, 6.07) is 11.2. The molecule has 0 aliphatic carbocycles. The molecule has 0 aliphatic heterocycles. The number of aromatic nitrogens is 3. The van der Waals surface area contributed by atoms with Crippen LogP contribution in [0.5, 0.6) is 11.5 Å². The van der Waals surface area contributed by atoms with Gasteiger partial charge in [-0.3, -0.25) is 9.97 Å². The fourth-order valence-corrected chi connectivity index (χ4v) is 2.87. The molecule has 0 saturated carbocycles. The molecule has 152 valence electrons. The van der Waals surface area contributed by atoms with Crippen LogP contribution in [0.3, 0.4) is 0 Å². The summed E-state index contributed by atoms with van der Waals surface area (Å²) >= 11 is 0. The lowest BCUT2D eigenvalue weighted by Crippen LogP contribution is -2.17. The van der Waals surface area contributed by atoms with Crippen molar-refractivity contribution >= 4 is 11.5 Å². The highest BCUT2D eigenvalue weighted by Gasteiger charge is 2.17. The van der Waals surface area contributed by atoms with Gasteiger partial charge in [-0.05, 0) is 63.4 Å². The zero-order valence-electron chi connectivity index (χ0n) is 17.6. The van der Waals surface area contributed by atoms with Crippen molar-refractivity contribution in [3.8, 4) is 11.5 Å². The number of aryl methyl sites for hydroxylation is 1. The van der Waals surface area contributed by atoms with Crippen LogP contribution in [-0.4, -0.2) is 20.1 Å². The van der Waals surface area contributed by atoms with Gasteiger partial charge in [0.25, 0.3) is 0 Å². The number of hydrogen-bond donors (Lipinski definition) is 2. The summed E-state index contributed by atoms with van der Waals surface area (Å²) in [4.78, 5) is 13.3. The minimum absolute atomic E-state index is 0.487. The topological polar surface area (TPSA) is 80.2 Å². The Bertz CT molecular complexity index is 963. The lowest BCUT2D eigenvalue weighted by atomic mass is 10.1. The molecule has 0 aromatic carbocycles. The molecule has 0 saturated heterocycles. The van der Waals surface area contributed by atoms with Crippen LogP contribution in [0.25, 0.3) is 0 Å². The summed E-state index contributed by atoms with van der Waals surface area (Å²) in [5.74, 6) is 2.57. The molecule has 0 amide bonds. The summed E-state index contributed by atoms with van der Waals surface area (Å²) in [5.41, 5.74) is 2.35. The maximum atomic E-state index is 10.0. The summed E-state index contributed by atoms with van der Waals surface area (Å²) < 4.78 is 6.12. The zero-order chi connectivity index (χ0) is 21.0. The van der Waals surface area contributed by atoms with Crippen LogP contribution in [0.15, 0.2) is 48.8 Å². The average Bonchev–Trinajstić information content (AvgIpc) is 2.63. The van der Waals surface area contributed by atoms with Crippen LogP contribution < -0.4 is 10.1 Å². The zero-order valence-corrected chi connectivity index (χ0v) is 17.6. The fourth-order valence-electron chi connectivity index (χ4n) is 2.87. The van der Waals surface area contributed by atoms with E-state index in [0.717, 1.165) is 29.2 Å². The molecule has 0 radical (unpaired) electrons. The van der Waals surface area contributed by atoms with Crippen molar-refractivity contribution in [3.05, 3.63) is 65.9 Å². The molecule has 0 spiro atoms. The SMILES string of the molecule is Cc1ccc(Oc2ccnc(Nc3ccc(C(C)(C)O)nc3)c2)c(CC(C)C)n1. The standard InChI is InChI=1S/C23H28N4O2/c1-15(2)12-19-20(8-6-16(3)26-19)29-18-10-11-24-22(13-18)27-17-7-9-21(25-14-17)23(4,5)28/h6-11,13-15,28H,12H2,1-5H3,(H,24,27). The molecule has 0 atom stereocenters. The Morgan fingerprint density at radius 3 is 2.55 bits per heavy atom. The van der Waals surface area contributed by atoms with Gasteiger partial charge < -0.3 is 15.2 Å². The molecule has 3 aromatic heterocycles. The highest BCUT2D eigenvalue weighted by Crippen LogP contribution is 2.28. The lowest BCUT2D eigenvalue weighted by molar-refractivity contribution is 0.0739. The highest BCUT2D eigenvalue weighted by atomic mass is 16.5. The van der Waals surface area contributed by atoms with Gasteiger partial charge >= 0.3 is 0 Å². The van der Waals surface area contributed by atoms with Gasteiger partial charge in [-0.1, -0.05) is 13.8 Å². The van der Waals surface area contributed by atoms with E-state index in [1.165, 1.54) is 0 Å². The second-order valence-corrected chi connectivity index (χ2v) is 8.09. The smallest absolute Gasteiger partial charge is 0.148 e. The molecule has 3 heterocycles. The fraction of sp³-hybridized carbons (Fsp3) is 0.348. The van der Waals surface area contributed by atoms with Crippen molar-refractivity contribution in [1.29, 1.82) is 0 Å². The molecule has 0 unspecified atom stereocenters. The van der Waals surface area contributed by atoms with E-state index < -0.39 is 5.60 Å². The van der Waals surface area contributed by atoms with E-state index in [1.54, 1.807) is 32.3 Å². The Morgan fingerprint density at radius 1 is 1.10 bits per heavy atom. The van der Waals surface area contributed by atoms with Crippen LogP contribution in [-0.2, 0) is 12.0 Å². The van der Waals surface area contributed by atoms with E-state index in [2.05, 4.69) is 34.1 Å².